The third-order valence-electron chi connectivity index (χ3n) is 0.940. The third kappa shape index (κ3) is 5.63. The zero-order valence-electron chi connectivity index (χ0n) is 5.79. The van der Waals surface area contributed by atoms with E-state index in [0.29, 0.717) is 0 Å². The van der Waals surface area contributed by atoms with E-state index in [4.69, 9.17) is 0 Å². The van der Waals surface area contributed by atoms with E-state index in [1.54, 1.807) is 0 Å². The van der Waals surface area contributed by atoms with Gasteiger partial charge in [0.2, 0.25) is 0 Å². The highest BCUT2D eigenvalue weighted by atomic mass is 35.5. The summed E-state index contributed by atoms with van der Waals surface area (Å²) in [6.07, 6.45) is 0. The summed E-state index contributed by atoms with van der Waals surface area (Å²) in [6, 6.07) is 10.3. The lowest BCUT2D eigenvalue weighted by molar-refractivity contribution is 0.823. The second-order valence-corrected chi connectivity index (χ2v) is 1.65. The van der Waals surface area contributed by atoms with Gasteiger partial charge in [-0.25, -0.2) is 0 Å². The molecule has 0 heterocycles. The van der Waals surface area contributed by atoms with E-state index in [0.717, 1.165) is 0 Å². The molecule has 1 aromatic rings. The highest BCUT2D eigenvalue weighted by Gasteiger charge is 1.72. The Bertz CT molecular complexity index is 146. The summed E-state index contributed by atoms with van der Waals surface area (Å²) in [5, 5.41) is 0. The molecule has 0 aliphatic heterocycles. The van der Waals surface area contributed by atoms with Crippen molar-refractivity contribution >= 4 is 25.7 Å². The van der Waals surface area contributed by atoms with Crippen molar-refractivity contribution in [2.75, 3.05) is 0 Å². The first-order valence-corrected chi connectivity index (χ1v) is 2.41. The average molecular weight is 162 g/mol. The van der Waals surface area contributed by atoms with Gasteiger partial charge in [-0.05, 0) is 0 Å². The number of benzene rings is 1. The molecule has 0 bridgehead atoms. The van der Waals surface area contributed by atoms with E-state index in [1.165, 1.54) is 5.46 Å². The zero-order chi connectivity index (χ0) is 5.11. The molecular weight excluding hydrogens is 150 g/mol. The van der Waals surface area contributed by atoms with E-state index in [2.05, 4.69) is 20.0 Å². The quantitative estimate of drug-likeness (QED) is 0.427. The van der Waals surface area contributed by atoms with Crippen LogP contribution in [-0.2, 0) is 0 Å². The normalized spacial score (nSPS) is 6.00. The van der Waals surface area contributed by atoms with Crippen LogP contribution in [0, 0.1) is 0 Å². The summed E-state index contributed by atoms with van der Waals surface area (Å²) in [5.74, 6) is 0. The summed E-state index contributed by atoms with van der Waals surface area (Å²) >= 11 is 0. The minimum absolute atomic E-state index is 0. The van der Waals surface area contributed by atoms with Gasteiger partial charge in [0, 0.05) is 0 Å². The van der Waals surface area contributed by atoms with Gasteiger partial charge in [-0.2, -0.15) is 0 Å². The van der Waals surface area contributed by atoms with Gasteiger partial charge in [0.05, 0.1) is 0 Å². The smallest absolute Gasteiger partial charge is 0.139 e. The summed E-state index contributed by atoms with van der Waals surface area (Å²) in [4.78, 5) is 0. The number of halogens is 1. The van der Waals surface area contributed by atoms with Gasteiger partial charge in [-0.3, -0.25) is 0 Å². The lowest BCUT2D eigenvalue weighted by atomic mass is 9.97. The van der Waals surface area contributed by atoms with Crippen molar-refractivity contribution in [2.45, 2.75) is 0 Å². The maximum atomic E-state index is 2.08. The average Bonchev–Trinajstić information content (AvgIpc) is 1.69. The monoisotopic (exact) mass is 162 g/mol. The molecule has 1 aromatic carbocycles. The molecule has 4 N–H and O–H groups in total. The number of rotatable bonds is 0. The maximum absolute atomic E-state index is 2.08. The van der Waals surface area contributed by atoms with Crippen LogP contribution in [0.4, 0.5) is 0 Å². The van der Waals surface area contributed by atoms with E-state index in [9.17, 15) is 0 Å². The first-order valence-electron chi connectivity index (χ1n) is 2.41. The molecule has 0 amide bonds. The summed E-state index contributed by atoms with van der Waals surface area (Å²) in [5.41, 5.74) is 1.32. The molecule has 0 aromatic heterocycles. The minimum Gasteiger partial charge on any atom is -0.412 e. The van der Waals surface area contributed by atoms with Gasteiger partial charge in [-0.1, -0.05) is 35.8 Å². The van der Waals surface area contributed by atoms with Crippen LogP contribution in [0.3, 0.4) is 0 Å². The molecule has 0 saturated carbocycles. The molecule has 0 fully saturated rings. The highest BCUT2D eigenvalue weighted by Crippen LogP contribution is 1.76. The Morgan fingerprint density at radius 2 is 1.30 bits per heavy atom. The third-order valence-corrected chi connectivity index (χ3v) is 0.940. The molecule has 4 heteroatoms. The Balaban J connectivity index is -0.000000163. The lowest BCUT2D eigenvalue weighted by Crippen LogP contribution is -1.97. The van der Waals surface area contributed by atoms with Gasteiger partial charge in [0.25, 0.3) is 0 Å². The first kappa shape index (κ1) is 16.2. The maximum Gasteiger partial charge on any atom is 0.139 e. The fraction of sp³-hybridized carbons (Fsp3) is 0. The molecule has 58 valence electrons. The van der Waals surface area contributed by atoms with Crippen LogP contribution in [-0.4, -0.2) is 18.8 Å². The number of hydrogen-bond donors (Lipinski definition) is 0. The SMILES string of the molecule is Bc1ccccc1.Cl.O.O. The Kier molecular flexibility index (Phi) is 13.8. The molecule has 0 spiro atoms. The molecule has 0 atom stereocenters. The topological polar surface area (TPSA) is 63.0 Å². The predicted octanol–water partition coefficient (Wildman–Crippen LogP) is -1.28. The lowest BCUT2D eigenvalue weighted by Gasteiger charge is -1.82. The van der Waals surface area contributed by atoms with Crippen LogP contribution in [0.1, 0.15) is 0 Å². The molecule has 10 heavy (non-hydrogen) atoms. The largest absolute Gasteiger partial charge is 0.412 e. The Morgan fingerprint density at radius 3 is 1.50 bits per heavy atom. The Hall–Kier alpha value is -0.505. The fourth-order valence-corrected chi connectivity index (χ4v) is 0.534. The van der Waals surface area contributed by atoms with Crippen molar-refractivity contribution in [3.8, 4) is 0 Å². The van der Waals surface area contributed by atoms with Crippen LogP contribution >= 0.6 is 12.4 Å². The summed E-state index contributed by atoms with van der Waals surface area (Å²) in [7, 11) is 2.08. The molecular formula is C6H12BClO2. The van der Waals surface area contributed by atoms with Crippen molar-refractivity contribution in [1.82, 2.24) is 0 Å². The zero-order valence-corrected chi connectivity index (χ0v) is 6.61. The van der Waals surface area contributed by atoms with Crippen LogP contribution in [0.15, 0.2) is 30.3 Å². The molecule has 0 unspecified atom stereocenters. The van der Waals surface area contributed by atoms with Crippen LogP contribution in [0.2, 0.25) is 0 Å². The molecule has 0 saturated heterocycles. The van der Waals surface area contributed by atoms with E-state index >= 15 is 0 Å². The minimum atomic E-state index is 0. The molecule has 0 radical (unpaired) electrons. The van der Waals surface area contributed by atoms with Crippen molar-refractivity contribution in [3.05, 3.63) is 30.3 Å². The van der Waals surface area contributed by atoms with E-state index in [-0.39, 0.29) is 23.4 Å². The van der Waals surface area contributed by atoms with Gasteiger partial charge in [-0.15, -0.1) is 12.4 Å². The van der Waals surface area contributed by atoms with Gasteiger partial charge in [0.15, 0.2) is 0 Å². The van der Waals surface area contributed by atoms with Gasteiger partial charge < -0.3 is 11.0 Å². The standard InChI is InChI=1S/C6H7B.ClH.2H2O/c7-6-4-2-1-3-5-6;;;/h1-5H,7H2;1H;2*1H2. The molecule has 0 aliphatic carbocycles. The highest BCUT2D eigenvalue weighted by molar-refractivity contribution is 6.32. The first-order chi connectivity index (χ1) is 3.39. The summed E-state index contributed by atoms with van der Waals surface area (Å²) < 4.78 is 0. The van der Waals surface area contributed by atoms with Crippen molar-refractivity contribution in [3.63, 3.8) is 0 Å². The second-order valence-electron chi connectivity index (χ2n) is 1.65. The van der Waals surface area contributed by atoms with E-state index in [1.807, 2.05) is 18.2 Å². The van der Waals surface area contributed by atoms with Crippen LogP contribution in [0.5, 0.6) is 0 Å². The summed E-state index contributed by atoms with van der Waals surface area (Å²) in [6.45, 7) is 0. The van der Waals surface area contributed by atoms with Gasteiger partial charge in [0.1, 0.15) is 7.85 Å². The predicted molar refractivity (Wildman–Crippen MR) is 49.1 cm³/mol. The van der Waals surface area contributed by atoms with E-state index < -0.39 is 0 Å². The van der Waals surface area contributed by atoms with Crippen molar-refractivity contribution in [2.24, 2.45) is 0 Å². The number of hydrogen-bond acceptors (Lipinski definition) is 0. The van der Waals surface area contributed by atoms with Crippen LogP contribution < -0.4 is 5.46 Å². The van der Waals surface area contributed by atoms with Crippen molar-refractivity contribution in [1.29, 1.82) is 0 Å². The van der Waals surface area contributed by atoms with Gasteiger partial charge >= 0.3 is 0 Å². The second kappa shape index (κ2) is 8.49. The molecule has 2 nitrogen and oxygen atoms in total. The van der Waals surface area contributed by atoms with Crippen molar-refractivity contribution < 1.29 is 11.0 Å². The Labute approximate surface area is 67.7 Å². The fourth-order valence-electron chi connectivity index (χ4n) is 0.534. The molecule has 0 aliphatic rings. The van der Waals surface area contributed by atoms with Crippen LogP contribution in [0.25, 0.3) is 0 Å². The molecule has 1 rings (SSSR count). The Morgan fingerprint density at radius 1 is 0.900 bits per heavy atom.